The molecule has 1 aliphatic heterocycles. The molecule has 6 heteroatoms. The van der Waals surface area contributed by atoms with E-state index in [4.69, 9.17) is 5.11 Å². The van der Waals surface area contributed by atoms with Gasteiger partial charge < -0.3 is 14.9 Å². The summed E-state index contributed by atoms with van der Waals surface area (Å²) in [6.45, 7) is 0.548. The fraction of sp³-hybridized carbons (Fsp3) is 0.833. The summed E-state index contributed by atoms with van der Waals surface area (Å²) in [5.41, 5.74) is 0. The van der Waals surface area contributed by atoms with Crippen molar-refractivity contribution in [3.05, 3.63) is 0 Å². The Hall–Kier alpha value is -0.750. The first-order valence-corrected chi connectivity index (χ1v) is 7.63. The lowest BCUT2D eigenvalue weighted by atomic mass is 10.2. The number of aliphatic hydroxyl groups excluding tert-OH is 1. The van der Waals surface area contributed by atoms with E-state index in [1.165, 1.54) is 0 Å². The van der Waals surface area contributed by atoms with Crippen LogP contribution in [0.4, 0.5) is 0 Å². The van der Waals surface area contributed by atoms with Crippen molar-refractivity contribution in [3.63, 3.8) is 0 Å². The number of amides is 2. The highest BCUT2D eigenvalue weighted by atomic mass is 32.2. The summed E-state index contributed by atoms with van der Waals surface area (Å²) < 4.78 is 0. The fourth-order valence-corrected chi connectivity index (χ4v) is 3.53. The molecule has 2 fully saturated rings. The minimum Gasteiger partial charge on any atom is -0.395 e. The molecule has 102 valence electrons. The number of hydrogen-bond donors (Lipinski definition) is 1. The van der Waals surface area contributed by atoms with Crippen molar-refractivity contribution in [1.82, 2.24) is 9.80 Å². The zero-order chi connectivity index (χ0) is 13.0. The van der Waals surface area contributed by atoms with Crippen LogP contribution in [0.2, 0.25) is 0 Å². The molecule has 0 bridgehead atoms. The van der Waals surface area contributed by atoms with Crippen LogP contribution >= 0.6 is 11.8 Å². The summed E-state index contributed by atoms with van der Waals surface area (Å²) >= 11 is 1.55. The van der Waals surface area contributed by atoms with E-state index in [1.807, 2.05) is 0 Å². The van der Waals surface area contributed by atoms with E-state index in [0.717, 1.165) is 25.7 Å². The number of nitrogens with zero attached hydrogens (tertiary/aromatic N) is 2. The average Bonchev–Trinajstić information content (AvgIpc) is 2.99. The Balaban J connectivity index is 1.92. The van der Waals surface area contributed by atoms with Crippen LogP contribution in [0, 0.1) is 0 Å². The molecule has 0 aromatic rings. The summed E-state index contributed by atoms with van der Waals surface area (Å²) in [5, 5.41) is 9.08. The Morgan fingerprint density at radius 1 is 1.44 bits per heavy atom. The highest BCUT2D eigenvalue weighted by molar-refractivity contribution is 8.00. The normalized spacial score (nSPS) is 20.7. The second kappa shape index (κ2) is 6.43. The van der Waals surface area contributed by atoms with Gasteiger partial charge in [-0.1, -0.05) is 12.8 Å². The lowest BCUT2D eigenvalue weighted by molar-refractivity contribution is -0.139. The maximum absolute atomic E-state index is 12.2. The summed E-state index contributed by atoms with van der Waals surface area (Å²) in [6.07, 6.45) is 4.35. The molecule has 1 heterocycles. The minimum absolute atomic E-state index is 0.00899. The summed E-state index contributed by atoms with van der Waals surface area (Å²) in [6, 6.07) is 0.259. The number of carbonyl (C=O) groups is 2. The van der Waals surface area contributed by atoms with E-state index >= 15 is 0 Å². The Bertz CT molecular complexity index is 318. The number of thioether (sulfide) groups is 1. The number of rotatable bonds is 5. The van der Waals surface area contributed by atoms with Crippen molar-refractivity contribution >= 4 is 23.6 Å². The van der Waals surface area contributed by atoms with Gasteiger partial charge in [-0.2, -0.15) is 0 Å². The van der Waals surface area contributed by atoms with Crippen LogP contribution < -0.4 is 0 Å². The maximum atomic E-state index is 12.2. The molecule has 5 nitrogen and oxygen atoms in total. The van der Waals surface area contributed by atoms with E-state index in [1.54, 1.807) is 21.6 Å². The van der Waals surface area contributed by atoms with Gasteiger partial charge in [0.1, 0.15) is 6.54 Å². The third-order valence-corrected chi connectivity index (χ3v) is 4.52. The summed E-state index contributed by atoms with van der Waals surface area (Å²) in [4.78, 5) is 27.1. The van der Waals surface area contributed by atoms with Gasteiger partial charge in [-0.05, 0) is 12.8 Å². The van der Waals surface area contributed by atoms with Gasteiger partial charge in [0.2, 0.25) is 11.8 Å². The first kappa shape index (κ1) is 13.7. The minimum atomic E-state index is -0.0215. The maximum Gasteiger partial charge on any atom is 0.242 e. The van der Waals surface area contributed by atoms with Crippen molar-refractivity contribution in [3.8, 4) is 0 Å². The molecule has 1 aliphatic carbocycles. The first-order chi connectivity index (χ1) is 8.72. The third-order valence-electron chi connectivity index (χ3n) is 3.58. The van der Waals surface area contributed by atoms with E-state index in [9.17, 15) is 9.59 Å². The van der Waals surface area contributed by atoms with Gasteiger partial charge in [0.05, 0.1) is 18.2 Å². The molecular formula is C12H20N2O3S. The molecule has 1 saturated heterocycles. The van der Waals surface area contributed by atoms with Gasteiger partial charge in [0, 0.05) is 12.6 Å². The zero-order valence-corrected chi connectivity index (χ0v) is 11.3. The average molecular weight is 272 g/mol. The van der Waals surface area contributed by atoms with E-state index in [0.29, 0.717) is 18.2 Å². The summed E-state index contributed by atoms with van der Waals surface area (Å²) in [7, 11) is 0. The van der Waals surface area contributed by atoms with Gasteiger partial charge in [0.25, 0.3) is 0 Å². The Morgan fingerprint density at radius 3 is 2.72 bits per heavy atom. The number of aliphatic hydroxyl groups is 1. The van der Waals surface area contributed by atoms with Crippen molar-refractivity contribution in [2.75, 3.05) is 31.3 Å². The molecule has 1 saturated carbocycles. The Labute approximate surface area is 112 Å². The van der Waals surface area contributed by atoms with Gasteiger partial charge in [-0.15, -0.1) is 11.8 Å². The highest BCUT2D eigenvalue weighted by Crippen LogP contribution is 2.24. The van der Waals surface area contributed by atoms with E-state index in [-0.39, 0.29) is 31.0 Å². The van der Waals surface area contributed by atoms with E-state index in [2.05, 4.69) is 0 Å². The van der Waals surface area contributed by atoms with Crippen LogP contribution in [0.3, 0.4) is 0 Å². The highest BCUT2D eigenvalue weighted by Gasteiger charge is 2.29. The van der Waals surface area contributed by atoms with Crippen LogP contribution in [0.1, 0.15) is 25.7 Å². The largest absolute Gasteiger partial charge is 0.395 e. The summed E-state index contributed by atoms with van der Waals surface area (Å²) in [5.74, 6) is 1.12. The van der Waals surface area contributed by atoms with Crippen molar-refractivity contribution in [2.45, 2.75) is 31.7 Å². The van der Waals surface area contributed by atoms with Gasteiger partial charge in [-0.25, -0.2) is 0 Å². The van der Waals surface area contributed by atoms with Crippen LogP contribution in [0.25, 0.3) is 0 Å². The quantitative estimate of drug-likeness (QED) is 0.781. The topological polar surface area (TPSA) is 60.9 Å². The molecule has 0 radical (unpaired) electrons. The first-order valence-electron chi connectivity index (χ1n) is 6.48. The lowest BCUT2D eigenvalue weighted by Gasteiger charge is -2.30. The fourth-order valence-electron chi connectivity index (χ4n) is 2.63. The molecule has 0 unspecified atom stereocenters. The molecule has 0 aromatic carbocycles. The Morgan fingerprint density at radius 2 is 2.17 bits per heavy atom. The molecule has 2 aliphatic rings. The van der Waals surface area contributed by atoms with Crippen molar-refractivity contribution in [1.29, 1.82) is 0 Å². The zero-order valence-electron chi connectivity index (χ0n) is 10.5. The molecule has 2 rings (SSSR count). The molecule has 2 amide bonds. The number of hydrogen-bond acceptors (Lipinski definition) is 4. The Kier molecular flexibility index (Phi) is 4.88. The molecule has 1 N–H and O–H groups in total. The van der Waals surface area contributed by atoms with E-state index < -0.39 is 0 Å². The molecule has 18 heavy (non-hydrogen) atoms. The molecule has 0 atom stereocenters. The standard InChI is InChI=1S/C12H20N2O3S/c15-6-5-14(10-3-1-2-4-10)11(16)7-13-9-18-8-12(13)17/h10,15H,1-9H2. The predicted molar refractivity (Wildman–Crippen MR) is 70.1 cm³/mol. The van der Waals surface area contributed by atoms with Crippen LogP contribution in [0.15, 0.2) is 0 Å². The van der Waals surface area contributed by atoms with Crippen LogP contribution in [0.5, 0.6) is 0 Å². The van der Waals surface area contributed by atoms with Gasteiger partial charge >= 0.3 is 0 Å². The molecule has 0 spiro atoms. The van der Waals surface area contributed by atoms with Crippen LogP contribution in [-0.2, 0) is 9.59 Å². The smallest absolute Gasteiger partial charge is 0.242 e. The second-order valence-corrected chi connectivity index (χ2v) is 5.77. The van der Waals surface area contributed by atoms with Gasteiger partial charge in [0.15, 0.2) is 0 Å². The van der Waals surface area contributed by atoms with Crippen molar-refractivity contribution in [2.24, 2.45) is 0 Å². The molecule has 0 aromatic heterocycles. The van der Waals surface area contributed by atoms with Gasteiger partial charge in [-0.3, -0.25) is 9.59 Å². The van der Waals surface area contributed by atoms with Crippen LogP contribution in [-0.4, -0.2) is 64.1 Å². The van der Waals surface area contributed by atoms with Crippen molar-refractivity contribution < 1.29 is 14.7 Å². The lowest BCUT2D eigenvalue weighted by Crippen LogP contribution is -2.46. The SMILES string of the molecule is O=C1CSCN1CC(=O)N(CCO)C1CCCC1. The molecular weight excluding hydrogens is 252 g/mol. The third kappa shape index (κ3) is 3.17. The number of carbonyl (C=O) groups excluding carboxylic acids is 2. The predicted octanol–water partition coefficient (Wildman–Crippen LogP) is 0.283. The monoisotopic (exact) mass is 272 g/mol. The second-order valence-electron chi connectivity index (χ2n) is 4.82.